The van der Waals surface area contributed by atoms with E-state index in [0.29, 0.717) is 23.0 Å². The van der Waals surface area contributed by atoms with Gasteiger partial charge in [-0.05, 0) is 19.9 Å². The lowest BCUT2D eigenvalue weighted by Gasteiger charge is -2.32. The van der Waals surface area contributed by atoms with Crippen LogP contribution >= 0.6 is 23.2 Å². The third kappa shape index (κ3) is 3.28. The van der Waals surface area contributed by atoms with E-state index in [4.69, 9.17) is 27.9 Å². The molecule has 1 aliphatic heterocycles. The highest BCUT2D eigenvalue weighted by Crippen LogP contribution is 2.29. The Morgan fingerprint density at radius 2 is 2.20 bits per heavy atom. The Balaban J connectivity index is 2.07. The Bertz CT molecular complexity index is 488. The summed E-state index contributed by atoms with van der Waals surface area (Å²) >= 11 is 12.1. The highest BCUT2D eigenvalue weighted by Gasteiger charge is 2.28. The molecule has 2 heterocycles. The minimum absolute atomic E-state index is 0.0714. The molecule has 7 heteroatoms. The van der Waals surface area contributed by atoms with E-state index in [1.165, 1.54) is 0 Å². The first kappa shape index (κ1) is 15.6. The van der Waals surface area contributed by atoms with Crippen molar-refractivity contribution in [2.45, 2.75) is 19.4 Å². The van der Waals surface area contributed by atoms with Crippen molar-refractivity contribution in [3.63, 3.8) is 0 Å². The summed E-state index contributed by atoms with van der Waals surface area (Å²) in [5, 5.41) is 6.99. The van der Waals surface area contributed by atoms with Gasteiger partial charge in [0.05, 0.1) is 16.7 Å². The standard InChI is InChI=1S/C13H19Cl2N3O2/c1-7-10(14)11(15)12(17-7)13(19)18-9-3-4-16-5-8(9)6-20-2/h8-9,16-17H,3-6H2,1-2H3,(H,18,19)/t8-,9-/m1/s1. The number of rotatable bonds is 4. The summed E-state index contributed by atoms with van der Waals surface area (Å²) in [5.74, 6) is 0.0287. The first-order valence-electron chi connectivity index (χ1n) is 6.58. The van der Waals surface area contributed by atoms with Crippen molar-refractivity contribution >= 4 is 29.1 Å². The second-order valence-electron chi connectivity index (χ2n) is 5.04. The first-order chi connectivity index (χ1) is 9.54. The number of aromatic amines is 1. The van der Waals surface area contributed by atoms with Gasteiger partial charge < -0.3 is 20.4 Å². The molecule has 0 saturated carbocycles. The first-order valence-corrected chi connectivity index (χ1v) is 7.34. The summed E-state index contributed by atoms with van der Waals surface area (Å²) < 4.78 is 5.20. The van der Waals surface area contributed by atoms with Crippen molar-refractivity contribution in [1.82, 2.24) is 15.6 Å². The molecule has 112 valence electrons. The van der Waals surface area contributed by atoms with Crippen LogP contribution in [0.25, 0.3) is 0 Å². The third-order valence-corrected chi connectivity index (χ3v) is 4.53. The molecule has 2 atom stereocenters. The highest BCUT2D eigenvalue weighted by molar-refractivity contribution is 6.44. The number of nitrogens with one attached hydrogen (secondary N) is 3. The molecule has 1 saturated heterocycles. The van der Waals surface area contributed by atoms with E-state index >= 15 is 0 Å². The fraction of sp³-hybridized carbons (Fsp3) is 0.615. The smallest absolute Gasteiger partial charge is 0.269 e. The maximum absolute atomic E-state index is 12.3. The lowest BCUT2D eigenvalue weighted by atomic mass is 9.94. The summed E-state index contributed by atoms with van der Waals surface area (Å²) in [6.45, 7) is 4.10. The average Bonchev–Trinajstić information content (AvgIpc) is 2.69. The molecule has 0 bridgehead atoms. The van der Waals surface area contributed by atoms with Crippen molar-refractivity contribution in [2.75, 3.05) is 26.8 Å². The number of ether oxygens (including phenoxy) is 1. The molecule has 2 rings (SSSR count). The summed E-state index contributed by atoms with van der Waals surface area (Å²) in [5.41, 5.74) is 1.02. The Morgan fingerprint density at radius 3 is 2.80 bits per heavy atom. The number of H-pyrrole nitrogens is 1. The zero-order valence-corrected chi connectivity index (χ0v) is 13.1. The Hall–Kier alpha value is -0.750. The zero-order valence-electron chi connectivity index (χ0n) is 11.6. The number of hydrogen-bond acceptors (Lipinski definition) is 3. The summed E-state index contributed by atoms with van der Waals surface area (Å²) in [7, 11) is 1.67. The molecular formula is C13H19Cl2N3O2. The van der Waals surface area contributed by atoms with E-state index in [1.54, 1.807) is 14.0 Å². The van der Waals surface area contributed by atoms with Crippen LogP contribution < -0.4 is 10.6 Å². The number of hydrogen-bond donors (Lipinski definition) is 3. The van der Waals surface area contributed by atoms with Gasteiger partial charge in [-0.3, -0.25) is 4.79 Å². The van der Waals surface area contributed by atoms with Gasteiger partial charge in [0, 0.05) is 31.3 Å². The second kappa shape index (κ2) is 6.80. The van der Waals surface area contributed by atoms with Gasteiger partial charge in [-0.2, -0.15) is 0 Å². The van der Waals surface area contributed by atoms with Gasteiger partial charge in [0.25, 0.3) is 5.91 Å². The average molecular weight is 320 g/mol. The molecule has 5 nitrogen and oxygen atoms in total. The molecule has 0 aliphatic carbocycles. The predicted octanol–water partition coefficient (Wildman–Crippen LogP) is 1.98. The monoisotopic (exact) mass is 319 g/mol. The van der Waals surface area contributed by atoms with Gasteiger partial charge in [0.15, 0.2) is 0 Å². The molecule has 0 radical (unpaired) electrons. The summed E-state index contributed by atoms with van der Waals surface area (Å²) in [4.78, 5) is 15.2. The predicted molar refractivity (Wildman–Crippen MR) is 79.7 cm³/mol. The number of halogens is 2. The van der Waals surface area contributed by atoms with Crippen molar-refractivity contribution < 1.29 is 9.53 Å². The van der Waals surface area contributed by atoms with Crippen LogP contribution in [0.2, 0.25) is 10.0 Å². The van der Waals surface area contributed by atoms with Crippen LogP contribution in [0, 0.1) is 12.8 Å². The van der Waals surface area contributed by atoms with Crippen LogP contribution in [0.15, 0.2) is 0 Å². The molecule has 1 fully saturated rings. The van der Waals surface area contributed by atoms with Gasteiger partial charge >= 0.3 is 0 Å². The number of aryl methyl sites for hydroxylation is 1. The number of amides is 1. The molecule has 0 aromatic carbocycles. The topological polar surface area (TPSA) is 66.2 Å². The normalized spacial score (nSPS) is 22.8. The fourth-order valence-corrected chi connectivity index (χ4v) is 2.89. The van der Waals surface area contributed by atoms with E-state index in [2.05, 4.69) is 15.6 Å². The SMILES string of the molecule is COC[C@H]1CNCC[C@H]1NC(=O)c1[nH]c(C)c(Cl)c1Cl. The molecule has 1 aromatic rings. The second-order valence-corrected chi connectivity index (χ2v) is 5.80. The van der Waals surface area contributed by atoms with Crippen LogP contribution in [0.3, 0.4) is 0 Å². The van der Waals surface area contributed by atoms with Crippen LogP contribution in [-0.2, 0) is 4.74 Å². The molecule has 0 unspecified atom stereocenters. The molecule has 1 aromatic heterocycles. The minimum Gasteiger partial charge on any atom is -0.384 e. The van der Waals surface area contributed by atoms with Crippen LogP contribution in [-0.4, -0.2) is 43.7 Å². The molecule has 20 heavy (non-hydrogen) atoms. The van der Waals surface area contributed by atoms with Gasteiger partial charge in [0.2, 0.25) is 0 Å². The fourth-order valence-electron chi connectivity index (χ4n) is 2.47. The van der Waals surface area contributed by atoms with Gasteiger partial charge in [0.1, 0.15) is 5.69 Å². The maximum atomic E-state index is 12.3. The Morgan fingerprint density at radius 1 is 1.45 bits per heavy atom. The van der Waals surface area contributed by atoms with Crippen molar-refractivity contribution in [2.24, 2.45) is 5.92 Å². The molecular weight excluding hydrogens is 301 g/mol. The number of methoxy groups -OCH3 is 1. The van der Waals surface area contributed by atoms with E-state index in [0.717, 1.165) is 19.5 Å². The molecule has 1 aliphatic rings. The summed E-state index contributed by atoms with van der Waals surface area (Å²) in [6, 6.07) is 0.0714. The number of piperidine rings is 1. The quantitative estimate of drug-likeness (QED) is 0.795. The van der Waals surface area contributed by atoms with Gasteiger partial charge in [-0.15, -0.1) is 0 Å². The molecule has 3 N–H and O–H groups in total. The third-order valence-electron chi connectivity index (χ3n) is 3.59. The van der Waals surface area contributed by atoms with Crippen molar-refractivity contribution in [3.05, 3.63) is 21.4 Å². The molecule has 1 amide bonds. The maximum Gasteiger partial charge on any atom is 0.269 e. The van der Waals surface area contributed by atoms with E-state index in [1.807, 2.05) is 0 Å². The largest absolute Gasteiger partial charge is 0.384 e. The van der Waals surface area contributed by atoms with Gasteiger partial charge in [-0.1, -0.05) is 23.2 Å². The lowest BCUT2D eigenvalue weighted by molar-refractivity contribution is 0.0836. The molecule has 0 spiro atoms. The summed E-state index contributed by atoms with van der Waals surface area (Å²) in [6.07, 6.45) is 0.866. The van der Waals surface area contributed by atoms with Crippen LogP contribution in [0.4, 0.5) is 0 Å². The number of aromatic nitrogens is 1. The van der Waals surface area contributed by atoms with Crippen LogP contribution in [0.5, 0.6) is 0 Å². The number of carbonyl (C=O) groups excluding carboxylic acids is 1. The Kier molecular flexibility index (Phi) is 5.32. The van der Waals surface area contributed by atoms with Crippen LogP contribution in [0.1, 0.15) is 22.6 Å². The number of carbonyl (C=O) groups is 1. The Labute approximate surface area is 128 Å². The zero-order chi connectivity index (χ0) is 14.7. The van der Waals surface area contributed by atoms with Crippen molar-refractivity contribution in [1.29, 1.82) is 0 Å². The van der Waals surface area contributed by atoms with E-state index < -0.39 is 0 Å². The van der Waals surface area contributed by atoms with E-state index in [9.17, 15) is 4.79 Å². The van der Waals surface area contributed by atoms with Gasteiger partial charge in [-0.25, -0.2) is 0 Å². The lowest BCUT2D eigenvalue weighted by Crippen LogP contribution is -2.51. The van der Waals surface area contributed by atoms with E-state index in [-0.39, 0.29) is 22.9 Å². The van der Waals surface area contributed by atoms with Crippen molar-refractivity contribution in [3.8, 4) is 0 Å². The minimum atomic E-state index is -0.224. The highest BCUT2D eigenvalue weighted by atomic mass is 35.5.